The van der Waals surface area contributed by atoms with Crippen molar-refractivity contribution in [1.82, 2.24) is 4.98 Å². The van der Waals surface area contributed by atoms with Crippen molar-refractivity contribution in [3.05, 3.63) is 88.8 Å². The van der Waals surface area contributed by atoms with E-state index in [1.165, 1.54) is 24.3 Å². The summed E-state index contributed by atoms with van der Waals surface area (Å²) in [6.45, 7) is 1.83. The summed E-state index contributed by atoms with van der Waals surface area (Å²) in [5, 5.41) is 0.556. The molecule has 0 spiro atoms. The molecule has 0 saturated carbocycles. The van der Waals surface area contributed by atoms with Crippen LogP contribution in [0.25, 0.3) is 10.9 Å². The molecule has 0 unspecified atom stereocenters. The van der Waals surface area contributed by atoms with Crippen molar-refractivity contribution in [2.75, 3.05) is 4.72 Å². The molecule has 0 fully saturated rings. The summed E-state index contributed by atoms with van der Waals surface area (Å²) >= 11 is 3.27. The summed E-state index contributed by atoms with van der Waals surface area (Å²) in [5.74, 6) is 0.575. The van der Waals surface area contributed by atoms with E-state index in [9.17, 15) is 12.8 Å². The molecule has 1 heterocycles. The first-order chi connectivity index (χ1) is 14.3. The zero-order chi connectivity index (χ0) is 21.3. The predicted molar refractivity (Wildman–Crippen MR) is 118 cm³/mol. The predicted octanol–water partition coefficient (Wildman–Crippen LogP) is 6.04. The second-order valence-corrected chi connectivity index (χ2v) is 9.21. The summed E-state index contributed by atoms with van der Waals surface area (Å²) in [4.78, 5) is 4.53. The molecule has 0 aliphatic rings. The van der Waals surface area contributed by atoms with Crippen LogP contribution in [0.1, 0.15) is 5.69 Å². The number of halogens is 2. The Labute approximate surface area is 181 Å². The summed E-state index contributed by atoms with van der Waals surface area (Å²) in [6.07, 6.45) is 0. The highest BCUT2D eigenvalue weighted by Gasteiger charge is 2.14. The standard InChI is InChI=1S/C22H16BrFN2O3S/c1-14-11-22(20-13-16(24)5-10-21(20)25-14)29-18-8-6-17(7-9-18)26-30(27,28)19-4-2-3-15(23)12-19/h2-13,26H,1H3. The topological polar surface area (TPSA) is 68.3 Å². The molecule has 0 saturated heterocycles. The third kappa shape index (κ3) is 4.44. The molecule has 3 aromatic carbocycles. The van der Waals surface area contributed by atoms with E-state index in [0.717, 1.165) is 5.69 Å². The Morgan fingerprint density at radius 2 is 1.77 bits per heavy atom. The van der Waals surface area contributed by atoms with Gasteiger partial charge in [-0.2, -0.15) is 0 Å². The normalized spacial score (nSPS) is 11.4. The molecule has 30 heavy (non-hydrogen) atoms. The van der Waals surface area contributed by atoms with Crippen LogP contribution in [-0.2, 0) is 10.0 Å². The van der Waals surface area contributed by atoms with Gasteiger partial charge in [-0.05, 0) is 67.6 Å². The maximum absolute atomic E-state index is 13.7. The molecular formula is C22H16BrFN2O3S. The number of hydrogen-bond donors (Lipinski definition) is 1. The van der Waals surface area contributed by atoms with Crippen LogP contribution >= 0.6 is 15.9 Å². The van der Waals surface area contributed by atoms with Gasteiger partial charge in [-0.3, -0.25) is 9.71 Å². The number of ether oxygens (including phenoxy) is 1. The van der Waals surface area contributed by atoms with Gasteiger partial charge in [0, 0.05) is 27.3 Å². The Balaban J connectivity index is 1.58. The molecule has 1 N–H and O–H groups in total. The number of rotatable bonds is 5. The lowest BCUT2D eigenvalue weighted by Gasteiger charge is -2.12. The largest absolute Gasteiger partial charge is 0.457 e. The van der Waals surface area contributed by atoms with Gasteiger partial charge < -0.3 is 4.74 Å². The number of nitrogens with zero attached hydrogens (tertiary/aromatic N) is 1. The number of hydrogen-bond acceptors (Lipinski definition) is 4. The molecule has 8 heteroatoms. The fraction of sp³-hybridized carbons (Fsp3) is 0.0455. The lowest BCUT2D eigenvalue weighted by Crippen LogP contribution is -2.12. The van der Waals surface area contributed by atoms with Crippen molar-refractivity contribution >= 4 is 42.5 Å². The second-order valence-electron chi connectivity index (χ2n) is 6.61. The maximum Gasteiger partial charge on any atom is 0.261 e. The lowest BCUT2D eigenvalue weighted by molar-refractivity contribution is 0.487. The third-order valence-corrected chi connectivity index (χ3v) is 6.17. The first-order valence-corrected chi connectivity index (χ1v) is 11.2. The van der Waals surface area contributed by atoms with Crippen molar-refractivity contribution in [3.8, 4) is 11.5 Å². The Morgan fingerprint density at radius 3 is 2.50 bits per heavy atom. The molecule has 0 aliphatic carbocycles. The van der Waals surface area contributed by atoms with Crippen molar-refractivity contribution < 1.29 is 17.5 Å². The molecule has 5 nitrogen and oxygen atoms in total. The van der Waals surface area contributed by atoms with Gasteiger partial charge in [-0.25, -0.2) is 12.8 Å². The van der Waals surface area contributed by atoms with Crippen LogP contribution in [-0.4, -0.2) is 13.4 Å². The molecule has 0 bridgehead atoms. The van der Waals surface area contributed by atoms with Gasteiger partial charge >= 0.3 is 0 Å². The Bertz CT molecular complexity index is 1340. The molecule has 0 atom stereocenters. The fourth-order valence-electron chi connectivity index (χ4n) is 2.94. The number of pyridine rings is 1. The average molecular weight is 487 g/mol. The minimum Gasteiger partial charge on any atom is -0.457 e. The molecular weight excluding hydrogens is 471 g/mol. The van der Waals surface area contributed by atoms with Gasteiger partial charge in [0.2, 0.25) is 0 Å². The van der Waals surface area contributed by atoms with E-state index in [1.54, 1.807) is 48.5 Å². The summed E-state index contributed by atoms with van der Waals surface area (Å²) in [6, 6.07) is 19.0. The Kier molecular flexibility index (Phi) is 5.44. The van der Waals surface area contributed by atoms with Crippen LogP contribution in [0, 0.1) is 12.7 Å². The molecule has 0 amide bonds. The number of sulfonamides is 1. The smallest absolute Gasteiger partial charge is 0.261 e. The Hall–Kier alpha value is -2.97. The quantitative estimate of drug-likeness (QED) is 0.373. The average Bonchev–Trinajstić information content (AvgIpc) is 2.70. The maximum atomic E-state index is 13.7. The summed E-state index contributed by atoms with van der Waals surface area (Å²) < 4.78 is 47.9. The van der Waals surface area contributed by atoms with E-state index in [0.29, 0.717) is 32.6 Å². The molecule has 4 rings (SSSR count). The van der Waals surface area contributed by atoms with E-state index >= 15 is 0 Å². The van der Waals surface area contributed by atoms with Gasteiger partial charge in [0.05, 0.1) is 10.4 Å². The molecule has 4 aromatic rings. The SMILES string of the molecule is Cc1cc(Oc2ccc(NS(=O)(=O)c3cccc(Br)c3)cc2)c2cc(F)ccc2n1. The van der Waals surface area contributed by atoms with Gasteiger partial charge in [-0.1, -0.05) is 22.0 Å². The zero-order valence-corrected chi connectivity index (χ0v) is 18.2. The minimum absolute atomic E-state index is 0.151. The third-order valence-electron chi connectivity index (χ3n) is 4.30. The van der Waals surface area contributed by atoms with Crippen LogP contribution in [0.3, 0.4) is 0 Å². The van der Waals surface area contributed by atoms with Crippen LogP contribution < -0.4 is 9.46 Å². The first-order valence-electron chi connectivity index (χ1n) is 8.93. The highest BCUT2D eigenvalue weighted by Crippen LogP contribution is 2.31. The van der Waals surface area contributed by atoms with Crippen LogP contribution in [0.5, 0.6) is 11.5 Å². The second kappa shape index (κ2) is 8.04. The van der Waals surface area contributed by atoms with Gasteiger partial charge in [-0.15, -0.1) is 0 Å². The van der Waals surface area contributed by atoms with E-state index in [2.05, 4.69) is 25.6 Å². The lowest BCUT2D eigenvalue weighted by atomic mass is 10.2. The highest BCUT2D eigenvalue weighted by molar-refractivity contribution is 9.10. The van der Waals surface area contributed by atoms with E-state index in [4.69, 9.17) is 4.74 Å². The number of aromatic nitrogens is 1. The monoisotopic (exact) mass is 486 g/mol. The number of benzene rings is 3. The van der Waals surface area contributed by atoms with Crippen molar-refractivity contribution in [2.45, 2.75) is 11.8 Å². The van der Waals surface area contributed by atoms with Crippen molar-refractivity contribution in [1.29, 1.82) is 0 Å². The highest BCUT2D eigenvalue weighted by atomic mass is 79.9. The molecule has 0 aliphatic heterocycles. The molecule has 0 radical (unpaired) electrons. The number of nitrogens with one attached hydrogen (secondary N) is 1. The van der Waals surface area contributed by atoms with Crippen molar-refractivity contribution in [2.24, 2.45) is 0 Å². The van der Waals surface area contributed by atoms with E-state index in [1.807, 2.05) is 6.92 Å². The minimum atomic E-state index is -3.72. The van der Waals surface area contributed by atoms with Gasteiger partial charge in [0.1, 0.15) is 17.3 Å². The van der Waals surface area contributed by atoms with E-state index < -0.39 is 10.0 Å². The molecule has 1 aromatic heterocycles. The zero-order valence-electron chi connectivity index (χ0n) is 15.8. The van der Waals surface area contributed by atoms with Crippen LogP contribution in [0.15, 0.2) is 82.2 Å². The van der Waals surface area contributed by atoms with Crippen LogP contribution in [0.4, 0.5) is 10.1 Å². The molecule has 152 valence electrons. The van der Waals surface area contributed by atoms with Gasteiger partial charge in [0.25, 0.3) is 10.0 Å². The number of fused-ring (bicyclic) bond motifs is 1. The van der Waals surface area contributed by atoms with Crippen molar-refractivity contribution in [3.63, 3.8) is 0 Å². The van der Waals surface area contributed by atoms with E-state index in [-0.39, 0.29) is 10.7 Å². The summed E-state index contributed by atoms with van der Waals surface area (Å²) in [5.41, 5.74) is 1.76. The number of aryl methyl sites for hydroxylation is 1. The number of anilines is 1. The van der Waals surface area contributed by atoms with Gasteiger partial charge in [0.15, 0.2) is 0 Å². The fourth-order valence-corrected chi connectivity index (χ4v) is 4.60. The van der Waals surface area contributed by atoms with Crippen LogP contribution in [0.2, 0.25) is 0 Å². The summed E-state index contributed by atoms with van der Waals surface area (Å²) in [7, 11) is -3.72. The first kappa shape index (κ1) is 20.3. The Morgan fingerprint density at radius 1 is 1.00 bits per heavy atom.